The monoisotopic (exact) mass is 358 g/mol. The van der Waals surface area contributed by atoms with Gasteiger partial charge in [0.15, 0.2) is 0 Å². The van der Waals surface area contributed by atoms with E-state index < -0.39 is 17.5 Å². The summed E-state index contributed by atoms with van der Waals surface area (Å²) in [4.78, 5) is 38.5. The van der Waals surface area contributed by atoms with Crippen LogP contribution in [0.15, 0.2) is 24.3 Å². The molecule has 0 aromatic heterocycles. The van der Waals surface area contributed by atoms with E-state index in [-0.39, 0.29) is 18.5 Å². The Morgan fingerprint density at radius 2 is 2.00 bits per heavy atom. The lowest BCUT2D eigenvalue weighted by Gasteiger charge is -2.29. The Bertz CT molecular complexity index is 718. The number of amides is 4. The SMILES string of the molecule is Cc1ccc(C2(C)NC(=O)N(CC(=O)NC3CCNC(C)C3)C2=O)cc1. The highest BCUT2D eigenvalue weighted by Crippen LogP contribution is 2.28. The average molecular weight is 358 g/mol. The number of urea groups is 1. The lowest BCUT2D eigenvalue weighted by atomic mass is 9.91. The molecule has 2 saturated heterocycles. The molecule has 2 fully saturated rings. The fraction of sp³-hybridized carbons (Fsp3) is 0.526. The zero-order valence-corrected chi connectivity index (χ0v) is 15.5. The van der Waals surface area contributed by atoms with Crippen LogP contribution in [0.5, 0.6) is 0 Å². The van der Waals surface area contributed by atoms with E-state index in [0.29, 0.717) is 11.6 Å². The molecule has 3 atom stereocenters. The predicted molar refractivity (Wildman–Crippen MR) is 97.4 cm³/mol. The second-order valence-corrected chi connectivity index (χ2v) is 7.46. The Labute approximate surface area is 153 Å². The zero-order valence-electron chi connectivity index (χ0n) is 15.5. The number of rotatable bonds is 4. The number of hydrogen-bond donors (Lipinski definition) is 3. The van der Waals surface area contributed by atoms with Crippen LogP contribution >= 0.6 is 0 Å². The minimum atomic E-state index is -1.14. The summed E-state index contributed by atoms with van der Waals surface area (Å²) in [7, 11) is 0. The van der Waals surface area contributed by atoms with E-state index in [0.717, 1.165) is 29.8 Å². The summed E-state index contributed by atoms with van der Waals surface area (Å²) in [5.41, 5.74) is 0.632. The summed E-state index contributed by atoms with van der Waals surface area (Å²) in [6.45, 7) is 6.29. The van der Waals surface area contributed by atoms with Gasteiger partial charge >= 0.3 is 6.03 Å². The number of aryl methyl sites for hydroxylation is 1. The quantitative estimate of drug-likeness (QED) is 0.701. The predicted octanol–water partition coefficient (Wildman–Crippen LogP) is 1.02. The number of nitrogens with zero attached hydrogens (tertiary/aromatic N) is 1. The molecule has 7 heteroatoms. The van der Waals surface area contributed by atoms with Crippen molar-refractivity contribution in [3.8, 4) is 0 Å². The van der Waals surface area contributed by atoms with Gasteiger partial charge in [-0.1, -0.05) is 29.8 Å². The normalized spacial score (nSPS) is 28.8. The van der Waals surface area contributed by atoms with Crippen molar-refractivity contribution in [1.82, 2.24) is 20.9 Å². The maximum atomic E-state index is 12.9. The van der Waals surface area contributed by atoms with Gasteiger partial charge in [0.05, 0.1) is 0 Å². The maximum Gasteiger partial charge on any atom is 0.325 e. The number of piperidine rings is 1. The first-order chi connectivity index (χ1) is 12.3. The molecule has 0 radical (unpaired) electrons. The van der Waals surface area contributed by atoms with E-state index in [1.807, 2.05) is 31.2 Å². The summed E-state index contributed by atoms with van der Waals surface area (Å²) in [5, 5.41) is 8.99. The third-order valence-corrected chi connectivity index (χ3v) is 5.19. The van der Waals surface area contributed by atoms with Crippen LogP contribution in [0, 0.1) is 6.92 Å². The minimum absolute atomic E-state index is 0.0722. The van der Waals surface area contributed by atoms with E-state index in [9.17, 15) is 14.4 Å². The maximum absolute atomic E-state index is 12.9. The van der Waals surface area contributed by atoms with Crippen LogP contribution in [0.4, 0.5) is 4.79 Å². The van der Waals surface area contributed by atoms with E-state index in [1.54, 1.807) is 6.92 Å². The van der Waals surface area contributed by atoms with E-state index in [1.165, 1.54) is 0 Å². The highest BCUT2D eigenvalue weighted by atomic mass is 16.2. The topological polar surface area (TPSA) is 90.5 Å². The molecule has 2 aliphatic heterocycles. The molecule has 1 aromatic carbocycles. The van der Waals surface area contributed by atoms with Gasteiger partial charge in [-0.3, -0.25) is 14.5 Å². The van der Waals surface area contributed by atoms with Gasteiger partial charge in [-0.05, 0) is 45.7 Å². The summed E-state index contributed by atoms with van der Waals surface area (Å²) in [6, 6.07) is 7.33. The smallest absolute Gasteiger partial charge is 0.325 e. The molecular weight excluding hydrogens is 332 g/mol. The fourth-order valence-corrected chi connectivity index (χ4v) is 3.60. The Morgan fingerprint density at radius 3 is 2.65 bits per heavy atom. The van der Waals surface area contributed by atoms with Gasteiger partial charge in [-0.15, -0.1) is 0 Å². The zero-order chi connectivity index (χ0) is 18.9. The first-order valence-electron chi connectivity index (χ1n) is 9.03. The molecule has 3 N–H and O–H groups in total. The second-order valence-electron chi connectivity index (χ2n) is 7.46. The molecule has 1 aromatic rings. The van der Waals surface area contributed by atoms with E-state index in [2.05, 4.69) is 22.9 Å². The van der Waals surface area contributed by atoms with Crippen molar-refractivity contribution in [2.45, 2.75) is 51.2 Å². The number of benzene rings is 1. The molecule has 2 heterocycles. The first kappa shape index (κ1) is 18.4. The van der Waals surface area contributed by atoms with Gasteiger partial charge in [0.2, 0.25) is 5.91 Å². The number of hydrogen-bond acceptors (Lipinski definition) is 4. The van der Waals surface area contributed by atoms with Gasteiger partial charge in [-0.25, -0.2) is 4.79 Å². The second kappa shape index (κ2) is 7.07. The molecule has 3 rings (SSSR count). The van der Waals surface area contributed by atoms with Crippen LogP contribution < -0.4 is 16.0 Å². The highest BCUT2D eigenvalue weighted by Gasteiger charge is 2.49. The van der Waals surface area contributed by atoms with Crippen LogP contribution in [-0.2, 0) is 15.1 Å². The van der Waals surface area contributed by atoms with Crippen LogP contribution in [0.3, 0.4) is 0 Å². The molecule has 0 spiro atoms. The standard InChI is InChI=1S/C19H26N4O3/c1-12-4-6-14(7-5-12)19(3)17(25)23(18(26)22-19)11-16(24)21-15-8-9-20-13(2)10-15/h4-7,13,15,20H,8-11H2,1-3H3,(H,21,24)(H,22,26). The van der Waals surface area contributed by atoms with E-state index >= 15 is 0 Å². The molecule has 26 heavy (non-hydrogen) atoms. The summed E-state index contributed by atoms with van der Waals surface area (Å²) in [6.07, 6.45) is 1.68. The first-order valence-corrected chi connectivity index (χ1v) is 9.03. The highest BCUT2D eigenvalue weighted by molar-refractivity contribution is 6.09. The molecule has 4 amide bonds. The van der Waals surface area contributed by atoms with Crippen molar-refractivity contribution in [2.75, 3.05) is 13.1 Å². The van der Waals surface area contributed by atoms with Gasteiger partial charge in [-0.2, -0.15) is 0 Å². The summed E-state index contributed by atoms with van der Waals surface area (Å²) in [5.74, 6) is -0.707. The average Bonchev–Trinajstić information content (AvgIpc) is 2.79. The minimum Gasteiger partial charge on any atom is -0.352 e. The van der Waals surface area contributed by atoms with Crippen molar-refractivity contribution in [3.63, 3.8) is 0 Å². The molecule has 3 unspecified atom stereocenters. The molecule has 2 aliphatic rings. The lowest BCUT2D eigenvalue weighted by Crippen LogP contribution is -2.50. The van der Waals surface area contributed by atoms with Crippen molar-refractivity contribution in [2.24, 2.45) is 0 Å². The molecule has 0 saturated carbocycles. The number of carbonyl (C=O) groups excluding carboxylic acids is 3. The van der Waals surface area contributed by atoms with Gasteiger partial charge < -0.3 is 16.0 Å². The summed E-state index contributed by atoms with van der Waals surface area (Å²) >= 11 is 0. The Morgan fingerprint density at radius 1 is 1.31 bits per heavy atom. The number of imide groups is 1. The fourth-order valence-electron chi connectivity index (χ4n) is 3.60. The molecule has 140 valence electrons. The molecular formula is C19H26N4O3. The van der Waals surface area contributed by atoms with Gasteiger partial charge in [0.25, 0.3) is 5.91 Å². The Kier molecular flexibility index (Phi) is 5.00. The van der Waals surface area contributed by atoms with Crippen LogP contribution in [-0.4, -0.2) is 47.9 Å². The summed E-state index contributed by atoms with van der Waals surface area (Å²) < 4.78 is 0. The van der Waals surface area contributed by atoms with Crippen LogP contribution in [0.1, 0.15) is 37.8 Å². The Balaban J connectivity index is 1.67. The van der Waals surface area contributed by atoms with Crippen molar-refractivity contribution in [3.05, 3.63) is 35.4 Å². The third-order valence-electron chi connectivity index (χ3n) is 5.19. The van der Waals surface area contributed by atoms with Crippen molar-refractivity contribution < 1.29 is 14.4 Å². The molecule has 0 aliphatic carbocycles. The van der Waals surface area contributed by atoms with Crippen molar-refractivity contribution in [1.29, 1.82) is 0 Å². The van der Waals surface area contributed by atoms with Crippen LogP contribution in [0.2, 0.25) is 0 Å². The van der Waals surface area contributed by atoms with Crippen molar-refractivity contribution >= 4 is 17.8 Å². The molecule has 0 bridgehead atoms. The third kappa shape index (κ3) is 3.58. The van der Waals surface area contributed by atoms with Gasteiger partial charge in [0.1, 0.15) is 12.1 Å². The lowest BCUT2D eigenvalue weighted by molar-refractivity contribution is -0.135. The van der Waals surface area contributed by atoms with Gasteiger partial charge in [0, 0.05) is 12.1 Å². The Hall–Kier alpha value is -2.41. The number of carbonyl (C=O) groups is 3. The van der Waals surface area contributed by atoms with E-state index in [4.69, 9.17) is 0 Å². The molecule has 7 nitrogen and oxygen atoms in total. The number of nitrogens with one attached hydrogen (secondary N) is 3. The van der Waals surface area contributed by atoms with Crippen LogP contribution in [0.25, 0.3) is 0 Å². The largest absolute Gasteiger partial charge is 0.352 e.